The first-order chi connectivity index (χ1) is 14.7. The average Bonchev–Trinajstić information content (AvgIpc) is 3.29. The average molecular weight is 406 g/mol. The van der Waals surface area contributed by atoms with Crippen molar-refractivity contribution in [3.05, 3.63) is 53.6 Å². The van der Waals surface area contributed by atoms with Gasteiger partial charge in [0.15, 0.2) is 11.5 Å². The number of rotatable bonds is 3. The summed E-state index contributed by atoms with van der Waals surface area (Å²) < 4.78 is 11.3. The molecule has 156 valence electrons. The topological polar surface area (TPSA) is 59.1 Å². The third-order valence-electron chi connectivity index (χ3n) is 6.21. The molecule has 2 aromatic carbocycles. The van der Waals surface area contributed by atoms with E-state index in [4.69, 9.17) is 9.47 Å². The number of hydrogen-bond donors (Lipinski definition) is 0. The Labute approximate surface area is 176 Å². The lowest BCUT2D eigenvalue weighted by molar-refractivity contribution is -0.119. The zero-order chi connectivity index (χ0) is 20.5. The molecule has 30 heavy (non-hydrogen) atoms. The van der Waals surface area contributed by atoms with Crippen LogP contribution in [0.2, 0.25) is 0 Å². The number of fused-ring (bicyclic) bond motifs is 1. The van der Waals surface area contributed by atoms with E-state index in [0.29, 0.717) is 25.2 Å². The molecule has 0 radical (unpaired) electrons. The van der Waals surface area contributed by atoms with Gasteiger partial charge in [0.05, 0.1) is 6.04 Å². The highest BCUT2D eigenvalue weighted by Gasteiger charge is 2.31. The van der Waals surface area contributed by atoms with Gasteiger partial charge in [-0.15, -0.1) is 0 Å². The first kappa shape index (κ1) is 19.0. The van der Waals surface area contributed by atoms with Gasteiger partial charge in [-0.1, -0.05) is 6.07 Å². The number of amides is 2. The maximum Gasteiger partial charge on any atom is 0.254 e. The van der Waals surface area contributed by atoms with Crippen LogP contribution in [-0.4, -0.2) is 43.0 Å². The van der Waals surface area contributed by atoms with Crippen molar-refractivity contribution in [2.75, 3.05) is 31.2 Å². The molecule has 3 aliphatic heterocycles. The summed E-state index contributed by atoms with van der Waals surface area (Å²) >= 11 is 0. The number of anilines is 1. The number of ether oxygens (including phenoxy) is 2. The van der Waals surface area contributed by atoms with Crippen molar-refractivity contribution in [3.8, 4) is 11.5 Å². The number of hydrogen-bond acceptors (Lipinski definition) is 4. The first-order valence-electron chi connectivity index (χ1n) is 10.8. The molecule has 2 amide bonds. The van der Waals surface area contributed by atoms with Gasteiger partial charge in [-0.2, -0.15) is 0 Å². The van der Waals surface area contributed by atoms with E-state index in [9.17, 15) is 9.59 Å². The largest absolute Gasteiger partial charge is 0.486 e. The molecule has 2 saturated heterocycles. The third kappa shape index (κ3) is 3.51. The summed E-state index contributed by atoms with van der Waals surface area (Å²) in [5.74, 6) is 1.72. The standard InChI is InChI=1S/C24H26N2O4/c27-23-5-1-2-12-25(23)19-9-6-17(7-10-19)24(28)26-13-3-4-20(26)18-8-11-21-22(16-18)30-15-14-29-21/h6-11,16,20H,1-5,12-15H2/t20-/m0/s1. The number of carbonyl (C=O) groups is 2. The van der Waals surface area contributed by atoms with Crippen LogP contribution in [0.15, 0.2) is 42.5 Å². The van der Waals surface area contributed by atoms with Crippen molar-refractivity contribution < 1.29 is 19.1 Å². The Morgan fingerprint density at radius 3 is 2.50 bits per heavy atom. The lowest BCUT2D eigenvalue weighted by atomic mass is 10.0. The fraction of sp³-hybridized carbons (Fsp3) is 0.417. The Hall–Kier alpha value is -3.02. The molecule has 0 spiro atoms. The molecule has 0 N–H and O–H groups in total. The van der Waals surface area contributed by atoms with Gasteiger partial charge in [0, 0.05) is 30.8 Å². The molecule has 6 nitrogen and oxygen atoms in total. The lowest BCUT2D eigenvalue weighted by Gasteiger charge is -2.28. The third-order valence-corrected chi connectivity index (χ3v) is 6.21. The zero-order valence-corrected chi connectivity index (χ0v) is 17.0. The molecule has 1 atom stereocenters. The van der Waals surface area contributed by atoms with Crippen LogP contribution in [0, 0.1) is 0 Å². The summed E-state index contributed by atoms with van der Waals surface area (Å²) in [6.45, 7) is 2.61. The summed E-state index contributed by atoms with van der Waals surface area (Å²) in [4.78, 5) is 29.2. The van der Waals surface area contributed by atoms with Crippen LogP contribution in [0.3, 0.4) is 0 Å². The Balaban J connectivity index is 1.34. The van der Waals surface area contributed by atoms with Gasteiger partial charge in [0.1, 0.15) is 13.2 Å². The summed E-state index contributed by atoms with van der Waals surface area (Å²) in [5.41, 5.74) is 2.62. The van der Waals surface area contributed by atoms with Crippen molar-refractivity contribution in [3.63, 3.8) is 0 Å². The van der Waals surface area contributed by atoms with Crippen LogP contribution in [0.4, 0.5) is 5.69 Å². The highest BCUT2D eigenvalue weighted by molar-refractivity contribution is 5.97. The van der Waals surface area contributed by atoms with Crippen molar-refractivity contribution in [1.82, 2.24) is 4.90 Å². The van der Waals surface area contributed by atoms with Crippen LogP contribution in [0.25, 0.3) is 0 Å². The van der Waals surface area contributed by atoms with E-state index < -0.39 is 0 Å². The molecule has 0 aromatic heterocycles. The Morgan fingerprint density at radius 2 is 1.70 bits per heavy atom. The van der Waals surface area contributed by atoms with Crippen LogP contribution >= 0.6 is 0 Å². The fourth-order valence-electron chi connectivity index (χ4n) is 4.65. The monoisotopic (exact) mass is 406 g/mol. The van der Waals surface area contributed by atoms with Crippen molar-refractivity contribution in [2.24, 2.45) is 0 Å². The van der Waals surface area contributed by atoms with E-state index in [2.05, 4.69) is 0 Å². The Morgan fingerprint density at radius 1 is 0.900 bits per heavy atom. The highest BCUT2D eigenvalue weighted by atomic mass is 16.6. The molecule has 6 heteroatoms. The van der Waals surface area contributed by atoms with Gasteiger partial charge in [-0.25, -0.2) is 0 Å². The Kier molecular flexibility index (Phi) is 5.07. The lowest BCUT2D eigenvalue weighted by Crippen LogP contribution is -2.35. The summed E-state index contributed by atoms with van der Waals surface area (Å²) in [6, 6.07) is 13.5. The number of piperidine rings is 1. The maximum absolute atomic E-state index is 13.3. The van der Waals surface area contributed by atoms with Gasteiger partial charge >= 0.3 is 0 Å². The molecule has 0 saturated carbocycles. The summed E-state index contributed by atoms with van der Waals surface area (Å²) in [5, 5.41) is 0. The van der Waals surface area contributed by atoms with Gasteiger partial charge in [-0.3, -0.25) is 9.59 Å². The molecular formula is C24H26N2O4. The van der Waals surface area contributed by atoms with Crippen LogP contribution in [0.1, 0.15) is 54.1 Å². The normalized spacial score (nSPS) is 21.1. The quantitative estimate of drug-likeness (QED) is 0.774. The minimum absolute atomic E-state index is 0.0314. The predicted octanol–water partition coefficient (Wildman–Crippen LogP) is 3.95. The summed E-state index contributed by atoms with van der Waals surface area (Å²) in [6.07, 6.45) is 4.50. The van der Waals surface area contributed by atoms with Crippen LogP contribution < -0.4 is 14.4 Å². The molecule has 2 fully saturated rings. The summed E-state index contributed by atoms with van der Waals surface area (Å²) in [7, 11) is 0. The molecule has 3 heterocycles. The number of likely N-dealkylation sites (tertiary alicyclic amines) is 1. The van der Waals surface area contributed by atoms with Crippen molar-refractivity contribution >= 4 is 17.5 Å². The van der Waals surface area contributed by atoms with Crippen LogP contribution in [0.5, 0.6) is 11.5 Å². The van der Waals surface area contributed by atoms with E-state index in [0.717, 1.165) is 61.5 Å². The van der Waals surface area contributed by atoms with Crippen LogP contribution in [-0.2, 0) is 4.79 Å². The second-order valence-corrected chi connectivity index (χ2v) is 8.11. The smallest absolute Gasteiger partial charge is 0.254 e. The van der Waals surface area contributed by atoms with Gasteiger partial charge in [-0.05, 0) is 67.6 Å². The molecular weight excluding hydrogens is 380 g/mol. The van der Waals surface area contributed by atoms with E-state index in [1.54, 1.807) is 0 Å². The molecule has 0 bridgehead atoms. The van der Waals surface area contributed by atoms with E-state index in [-0.39, 0.29) is 17.9 Å². The van der Waals surface area contributed by atoms with E-state index >= 15 is 0 Å². The predicted molar refractivity (Wildman–Crippen MR) is 113 cm³/mol. The minimum atomic E-state index is 0.0314. The molecule has 0 aliphatic carbocycles. The van der Waals surface area contributed by atoms with Crippen molar-refractivity contribution in [1.29, 1.82) is 0 Å². The molecule has 5 rings (SSSR count). The zero-order valence-electron chi connectivity index (χ0n) is 17.0. The van der Waals surface area contributed by atoms with Gasteiger partial charge in [0.2, 0.25) is 5.91 Å². The van der Waals surface area contributed by atoms with Gasteiger partial charge < -0.3 is 19.3 Å². The van der Waals surface area contributed by atoms with E-state index in [1.165, 1.54) is 0 Å². The maximum atomic E-state index is 13.3. The Bertz CT molecular complexity index is 956. The number of benzene rings is 2. The molecule has 3 aliphatic rings. The first-order valence-corrected chi connectivity index (χ1v) is 10.8. The fourth-order valence-corrected chi connectivity index (χ4v) is 4.65. The molecule has 2 aromatic rings. The second kappa shape index (κ2) is 8.01. The number of nitrogens with zero attached hydrogens (tertiary/aromatic N) is 2. The molecule has 0 unspecified atom stereocenters. The highest BCUT2D eigenvalue weighted by Crippen LogP contribution is 2.38. The second-order valence-electron chi connectivity index (χ2n) is 8.11. The van der Waals surface area contributed by atoms with Gasteiger partial charge in [0.25, 0.3) is 5.91 Å². The van der Waals surface area contributed by atoms with E-state index in [1.807, 2.05) is 52.3 Å². The number of carbonyl (C=O) groups excluding carboxylic acids is 2. The minimum Gasteiger partial charge on any atom is -0.486 e. The SMILES string of the molecule is O=C1CCCCN1c1ccc(C(=O)N2CCC[C@H]2c2ccc3c(c2)OCCO3)cc1. The van der Waals surface area contributed by atoms with Crippen molar-refractivity contribution in [2.45, 2.75) is 38.1 Å².